The van der Waals surface area contributed by atoms with Gasteiger partial charge in [0.05, 0.1) is 16.7 Å². The molecule has 0 radical (unpaired) electrons. The van der Waals surface area contributed by atoms with E-state index in [1.807, 2.05) is 6.92 Å². The summed E-state index contributed by atoms with van der Waals surface area (Å²) in [4.78, 5) is 21.4. The van der Waals surface area contributed by atoms with Crippen LogP contribution in [0.25, 0.3) is 0 Å². The topological polar surface area (TPSA) is 98.3 Å². The largest absolute Gasteiger partial charge is 0.327 e. The van der Waals surface area contributed by atoms with Crippen LogP contribution in [0.3, 0.4) is 0 Å². The molecule has 7 heteroatoms. The second-order valence-electron chi connectivity index (χ2n) is 4.26. The first-order valence-electron chi connectivity index (χ1n) is 5.92. The van der Waals surface area contributed by atoms with Crippen LogP contribution < -0.4 is 11.1 Å². The maximum Gasteiger partial charge on any atom is 0.274 e. The van der Waals surface area contributed by atoms with Crippen LogP contribution in [0.4, 0.5) is 15.8 Å². The molecule has 1 unspecified atom stereocenters. The molecular formula is C12H16FN3O3. The number of nitrogens with one attached hydrogen (secondary N) is 1. The summed E-state index contributed by atoms with van der Waals surface area (Å²) in [6.07, 6.45) is 1.66. The Balaban J connectivity index is 2.71. The minimum absolute atomic E-state index is 0.0559. The van der Waals surface area contributed by atoms with Gasteiger partial charge in [0.25, 0.3) is 5.69 Å². The van der Waals surface area contributed by atoms with E-state index in [1.165, 1.54) is 0 Å². The van der Waals surface area contributed by atoms with Crippen LogP contribution in [-0.2, 0) is 4.79 Å². The molecule has 0 fully saturated rings. The highest BCUT2D eigenvalue weighted by molar-refractivity contribution is 5.91. The highest BCUT2D eigenvalue weighted by Gasteiger charge is 2.13. The first-order chi connectivity index (χ1) is 8.92. The van der Waals surface area contributed by atoms with Crippen molar-refractivity contribution >= 4 is 17.3 Å². The van der Waals surface area contributed by atoms with Crippen LogP contribution in [0.15, 0.2) is 18.2 Å². The summed E-state index contributed by atoms with van der Waals surface area (Å²) < 4.78 is 13.1. The van der Waals surface area contributed by atoms with E-state index in [9.17, 15) is 19.3 Å². The Bertz CT molecular complexity index is 479. The van der Waals surface area contributed by atoms with Gasteiger partial charge < -0.3 is 11.1 Å². The molecule has 104 valence electrons. The minimum atomic E-state index is -0.776. The molecule has 0 aliphatic rings. The van der Waals surface area contributed by atoms with Gasteiger partial charge in [-0.25, -0.2) is 4.39 Å². The van der Waals surface area contributed by atoms with E-state index < -0.39 is 16.4 Å². The molecule has 0 aliphatic heterocycles. The van der Waals surface area contributed by atoms with Crippen molar-refractivity contribution in [3.63, 3.8) is 0 Å². The van der Waals surface area contributed by atoms with Gasteiger partial charge in [-0.15, -0.1) is 0 Å². The van der Waals surface area contributed by atoms with Crippen LogP contribution in [0, 0.1) is 15.9 Å². The quantitative estimate of drug-likeness (QED) is 0.610. The van der Waals surface area contributed by atoms with Gasteiger partial charge >= 0.3 is 0 Å². The summed E-state index contributed by atoms with van der Waals surface area (Å²) in [5.41, 5.74) is 5.35. The lowest BCUT2D eigenvalue weighted by atomic mass is 10.1. The number of carbonyl (C=O) groups excluding carboxylic acids is 1. The average molecular weight is 269 g/mol. The monoisotopic (exact) mass is 269 g/mol. The van der Waals surface area contributed by atoms with Crippen LogP contribution in [0.5, 0.6) is 0 Å². The molecule has 1 amide bonds. The van der Waals surface area contributed by atoms with Crippen LogP contribution in [0.1, 0.15) is 26.2 Å². The van der Waals surface area contributed by atoms with Gasteiger partial charge in [0, 0.05) is 18.5 Å². The highest BCUT2D eigenvalue weighted by atomic mass is 19.1. The standard InChI is InChI=1S/C12H16FN3O3/c1-2-3-9(14)6-12(17)15-10-4-8(13)5-11(7-10)16(18)19/h4-5,7,9H,2-3,6,14H2,1H3,(H,15,17). The number of nitro groups is 1. The van der Waals surface area contributed by atoms with E-state index in [2.05, 4.69) is 5.32 Å². The van der Waals surface area contributed by atoms with Gasteiger partial charge in [-0.1, -0.05) is 13.3 Å². The fraction of sp³-hybridized carbons (Fsp3) is 0.417. The Kier molecular flexibility index (Phi) is 5.37. The van der Waals surface area contributed by atoms with Crippen LogP contribution in [-0.4, -0.2) is 16.9 Å². The van der Waals surface area contributed by atoms with Gasteiger partial charge in [0.1, 0.15) is 5.82 Å². The predicted molar refractivity (Wildman–Crippen MR) is 69.2 cm³/mol. The Labute approximate surface area is 109 Å². The minimum Gasteiger partial charge on any atom is -0.327 e. The van der Waals surface area contributed by atoms with Crippen molar-refractivity contribution in [1.29, 1.82) is 0 Å². The number of nitrogens with two attached hydrogens (primary N) is 1. The van der Waals surface area contributed by atoms with E-state index in [4.69, 9.17) is 5.73 Å². The van der Waals surface area contributed by atoms with Crippen molar-refractivity contribution in [3.8, 4) is 0 Å². The molecule has 19 heavy (non-hydrogen) atoms. The third kappa shape index (κ3) is 5.01. The van der Waals surface area contributed by atoms with E-state index >= 15 is 0 Å². The summed E-state index contributed by atoms with van der Waals surface area (Å²) in [5, 5.41) is 13.0. The number of benzene rings is 1. The second kappa shape index (κ2) is 6.79. The molecule has 6 nitrogen and oxygen atoms in total. The lowest BCUT2D eigenvalue weighted by Crippen LogP contribution is -2.26. The molecule has 1 aromatic rings. The van der Waals surface area contributed by atoms with Crippen LogP contribution >= 0.6 is 0 Å². The SMILES string of the molecule is CCCC(N)CC(=O)Nc1cc(F)cc([N+](=O)[O-])c1. The van der Waals surface area contributed by atoms with Crippen molar-refractivity contribution in [1.82, 2.24) is 0 Å². The van der Waals surface area contributed by atoms with Crippen molar-refractivity contribution < 1.29 is 14.1 Å². The number of halogens is 1. The number of amides is 1. The molecule has 1 aromatic carbocycles. The van der Waals surface area contributed by atoms with Gasteiger partial charge in [-0.3, -0.25) is 14.9 Å². The van der Waals surface area contributed by atoms with Crippen molar-refractivity contribution in [2.75, 3.05) is 5.32 Å². The van der Waals surface area contributed by atoms with Crippen molar-refractivity contribution in [2.45, 2.75) is 32.2 Å². The fourth-order valence-electron chi connectivity index (χ4n) is 1.67. The molecule has 0 aliphatic carbocycles. The number of rotatable bonds is 6. The third-order valence-electron chi connectivity index (χ3n) is 2.48. The lowest BCUT2D eigenvalue weighted by Gasteiger charge is -2.10. The molecular weight excluding hydrogens is 253 g/mol. The molecule has 0 spiro atoms. The summed E-state index contributed by atoms with van der Waals surface area (Å²) >= 11 is 0. The zero-order valence-corrected chi connectivity index (χ0v) is 10.6. The summed E-state index contributed by atoms with van der Waals surface area (Å²) in [7, 11) is 0. The normalized spacial score (nSPS) is 11.9. The van der Waals surface area contributed by atoms with Gasteiger partial charge in [-0.05, 0) is 12.5 Å². The number of hydrogen-bond donors (Lipinski definition) is 2. The maximum atomic E-state index is 13.1. The summed E-state index contributed by atoms with van der Waals surface area (Å²) in [6.45, 7) is 1.95. The number of nitro benzene ring substituents is 1. The van der Waals surface area contributed by atoms with Crippen molar-refractivity contribution in [2.24, 2.45) is 5.73 Å². The molecule has 0 saturated heterocycles. The Morgan fingerprint density at radius 2 is 2.21 bits per heavy atom. The molecule has 0 heterocycles. The van der Waals surface area contributed by atoms with Crippen LogP contribution in [0.2, 0.25) is 0 Å². The number of carbonyl (C=O) groups is 1. The Hall–Kier alpha value is -2.02. The Morgan fingerprint density at radius 3 is 2.79 bits per heavy atom. The first-order valence-corrected chi connectivity index (χ1v) is 5.92. The zero-order valence-electron chi connectivity index (χ0n) is 10.6. The number of anilines is 1. The van der Waals surface area contributed by atoms with Gasteiger partial charge in [-0.2, -0.15) is 0 Å². The molecule has 0 saturated carbocycles. The summed E-state index contributed by atoms with van der Waals surface area (Å²) in [5.74, 6) is -1.16. The number of non-ortho nitro benzene ring substituents is 1. The highest BCUT2D eigenvalue weighted by Crippen LogP contribution is 2.20. The molecule has 0 aromatic heterocycles. The van der Waals surface area contributed by atoms with E-state index in [0.717, 1.165) is 24.6 Å². The van der Waals surface area contributed by atoms with Crippen molar-refractivity contribution in [3.05, 3.63) is 34.1 Å². The maximum absolute atomic E-state index is 13.1. The molecule has 1 atom stereocenters. The van der Waals surface area contributed by atoms with Gasteiger partial charge in [0.15, 0.2) is 0 Å². The smallest absolute Gasteiger partial charge is 0.274 e. The Morgan fingerprint density at radius 1 is 1.53 bits per heavy atom. The van der Waals surface area contributed by atoms with E-state index in [-0.39, 0.29) is 24.1 Å². The number of nitrogens with zero attached hydrogens (tertiary/aromatic N) is 1. The third-order valence-corrected chi connectivity index (χ3v) is 2.48. The first kappa shape index (κ1) is 15.0. The second-order valence-corrected chi connectivity index (χ2v) is 4.26. The van der Waals surface area contributed by atoms with Gasteiger partial charge in [0.2, 0.25) is 5.91 Å². The number of hydrogen-bond acceptors (Lipinski definition) is 4. The molecule has 0 bridgehead atoms. The molecule has 1 rings (SSSR count). The van der Waals surface area contributed by atoms with E-state index in [1.54, 1.807) is 0 Å². The fourth-order valence-corrected chi connectivity index (χ4v) is 1.67. The molecule has 3 N–H and O–H groups in total. The lowest BCUT2D eigenvalue weighted by molar-refractivity contribution is -0.385. The van der Waals surface area contributed by atoms with E-state index in [0.29, 0.717) is 6.42 Å². The average Bonchev–Trinajstić information content (AvgIpc) is 2.27. The zero-order chi connectivity index (χ0) is 14.4. The summed E-state index contributed by atoms with van der Waals surface area (Å²) in [6, 6.07) is 2.65. The predicted octanol–water partition coefficient (Wildman–Crippen LogP) is 2.19.